The van der Waals surface area contributed by atoms with E-state index in [9.17, 15) is 13.2 Å². The molecule has 64 valence electrons. The van der Waals surface area contributed by atoms with Crippen molar-refractivity contribution in [1.82, 2.24) is 9.44 Å². The van der Waals surface area contributed by atoms with Crippen molar-refractivity contribution < 1.29 is 18.3 Å². The molecule has 1 fully saturated rings. The minimum Gasteiger partial charge on any atom is -0.481 e. The molecular formula is C4H8N2O4S. The molecule has 0 saturated carbocycles. The number of carbonyl (C=O) groups is 1. The number of aliphatic carboxylic acids is 1. The van der Waals surface area contributed by atoms with Crippen LogP contribution in [0.1, 0.15) is 0 Å². The second-order valence-corrected chi connectivity index (χ2v) is 3.82. The lowest BCUT2D eigenvalue weighted by atomic mass is 10.1. The van der Waals surface area contributed by atoms with E-state index in [0.29, 0.717) is 0 Å². The predicted octanol–water partition coefficient (Wildman–Crippen LogP) is -1.88. The fraction of sp³-hybridized carbons (Fsp3) is 0.750. The minimum atomic E-state index is -3.41. The quantitative estimate of drug-likeness (QED) is 0.440. The zero-order valence-corrected chi connectivity index (χ0v) is 6.39. The Morgan fingerprint density at radius 1 is 1.36 bits per heavy atom. The second-order valence-electron chi connectivity index (χ2n) is 2.24. The Hall–Kier alpha value is -0.660. The summed E-state index contributed by atoms with van der Waals surface area (Å²) in [5, 5.41) is 8.43. The summed E-state index contributed by atoms with van der Waals surface area (Å²) in [6, 6.07) is 0. The highest BCUT2D eigenvalue weighted by Gasteiger charge is 2.26. The second kappa shape index (κ2) is 2.76. The van der Waals surface area contributed by atoms with Gasteiger partial charge in [0, 0.05) is 13.1 Å². The van der Waals surface area contributed by atoms with Gasteiger partial charge in [-0.1, -0.05) is 0 Å². The Bertz CT molecular complexity index is 245. The monoisotopic (exact) mass is 180 g/mol. The average Bonchev–Trinajstić information content (AvgIpc) is 1.86. The zero-order valence-electron chi connectivity index (χ0n) is 5.57. The zero-order chi connectivity index (χ0) is 8.48. The molecule has 1 rings (SSSR count). The normalized spacial score (nSPS) is 24.7. The highest BCUT2D eigenvalue weighted by molar-refractivity contribution is 7.87. The minimum absolute atomic E-state index is 0.0370. The number of nitrogens with one attached hydrogen (secondary N) is 2. The Balaban J connectivity index is 2.56. The molecule has 0 unspecified atom stereocenters. The van der Waals surface area contributed by atoms with Crippen LogP contribution in [0.25, 0.3) is 0 Å². The lowest BCUT2D eigenvalue weighted by molar-refractivity contribution is -0.141. The summed E-state index contributed by atoms with van der Waals surface area (Å²) in [7, 11) is -3.41. The predicted molar refractivity (Wildman–Crippen MR) is 36.1 cm³/mol. The van der Waals surface area contributed by atoms with Gasteiger partial charge in [0.2, 0.25) is 0 Å². The molecule has 0 radical (unpaired) electrons. The van der Waals surface area contributed by atoms with Gasteiger partial charge < -0.3 is 5.11 Å². The van der Waals surface area contributed by atoms with E-state index in [0.717, 1.165) is 0 Å². The van der Waals surface area contributed by atoms with Gasteiger partial charge in [-0.2, -0.15) is 8.42 Å². The fourth-order valence-electron chi connectivity index (χ4n) is 0.718. The third-order valence-corrected chi connectivity index (χ3v) is 2.48. The number of rotatable bonds is 1. The summed E-state index contributed by atoms with van der Waals surface area (Å²) in [5.74, 6) is -1.67. The van der Waals surface area contributed by atoms with Crippen LogP contribution in [0.4, 0.5) is 0 Å². The van der Waals surface area contributed by atoms with Gasteiger partial charge in [0.15, 0.2) is 0 Å². The van der Waals surface area contributed by atoms with E-state index in [4.69, 9.17) is 5.11 Å². The first-order valence-corrected chi connectivity index (χ1v) is 4.46. The van der Waals surface area contributed by atoms with E-state index in [2.05, 4.69) is 9.44 Å². The molecule has 0 bridgehead atoms. The maximum atomic E-state index is 10.6. The fourth-order valence-corrected chi connectivity index (χ4v) is 1.66. The van der Waals surface area contributed by atoms with Crippen molar-refractivity contribution in [3.63, 3.8) is 0 Å². The molecule has 6 nitrogen and oxygen atoms in total. The van der Waals surface area contributed by atoms with Crippen LogP contribution >= 0.6 is 0 Å². The van der Waals surface area contributed by atoms with Crippen LogP contribution in [0.5, 0.6) is 0 Å². The van der Waals surface area contributed by atoms with Gasteiger partial charge >= 0.3 is 5.97 Å². The highest BCUT2D eigenvalue weighted by atomic mass is 32.2. The molecule has 1 aliphatic heterocycles. The van der Waals surface area contributed by atoms with Crippen molar-refractivity contribution >= 4 is 16.2 Å². The van der Waals surface area contributed by atoms with Crippen molar-refractivity contribution in [2.45, 2.75) is 0 Å². The molecule has 0 aliphatic carbocycles. The van der Waals surface area contributed by atoms with Crippen LogP contribution in [-0.4, -0.2) is 32.6 Å². The lowest BCUT2D eigenvalue weighted by Gasteiger charge is -2.19. The molecule has 0 aromatic carbocycles. The molecule has 3 N–H and O–H groups in total. The molecule has 1 heterocycles. The molecule has 0 spiro atoms. The van der Waals surface area contributed by atoms with E-state index in [1.807, 2.05) is 0 Å². The van der Waals surface area contributed by atoms with Crippen LogP contribution in [0.2, 0.25) is 0 Å². The Kier molecular flexibility index (Phi) is 2.12. The Morgan fingerprint density at radius 3 is 2.18 bits per heavy atom. The molecule has 0 aromatic heterocycles. The van der Waals surface area contributed by atoms with Crippen LogP contribution < -0.4 is 9.44 Å². The van der Waals surface area contributed by atoms with Crippen molar-refractivity contribution in [3.8, 4) is 0 Å². The number of hydrogen-bond donors (Lipinski definition) is 3. The van der Waals surface area contributed by atoms with Gasteiger partial charge in [-0.3, -0.25) is 4.79 Å². The standard InChI is InChI=1S/C4H8N2O4S/c7-4(8)3-1-5-11(9,10)6-2-3/h3,5-6H,1-2H2,(H,7,8). The first-order valence-electron chi connectivity index (χ1n) is 2.98. The van der Waals surface area contributed by atoms with Gasteiger partial charge in [-0.15, -0.1) is 0 Å². The van der Waals surface area contributed by atoms with E-state index in [1.54, 1.807) is 0 Å². The van der Waals surface area contributed by atoms with Gasteiger partial charge in [-0.25, -0.2) is 9.44 Å². The van der Waals surface area contributed by atoms with E-state index in [-0.39, 0.29) is 13.1 Å². The molecule has 11 heavy (non-hydrogen) atoms. The van der Waals surface area contributed by atoms with Crippen LogP contribution in [0, 0.1) is 5.92 Å². The molecule has 1 saturated heterocycles. The number of hydrogen-bond acceptors (Lipinski definition) is 3. The maximum Gasteiger partial charge on any atom is 0.309 e. The van der Waals surface area contributed by atoms with Gasteiger partial charge in [-0.05, 0) is 0 Å². The van der Waals surface area contributed by atoms with Crippen molar-refractivity contribution in [2.75, 3.05) is 13.1 Å². The molecule has 0 amide bonds. The molecule has 7 heteroatoms. The van der Waals surface area contributed by atoms with Gasteiger partial charge in [0.05, 0.1) is 5.92 Å². The van der Waals surface area contributed by atoms with Gasteiger partial charge in [0.25, 0.3) is 10.2 Å². The van der Waals surface area contributed by atoms with Crippen LogP contribution in [0.3, 0.4) is 0 Å². The van der Waals surface area contributed by atoms with Crippen molar-refractivity contribution in [1.29, 1.82) is 0 Å². The summed E-state index contributed by atoms with van der Waals surface area (Å²) in [5.41, 5.74) is 0. The third-order valence-electron chi connectivity index (χ3n) is 1.39. The van der Waals surface area contributed by atoms with E-state index in [1.165, 1.54) is 0 Å². The maximum absolute atomic E-state index is 10.6. The summed E-state index contributed by atoms with van der Waals surface area (Å²) in [6.45, 7) is -0.0741. The van der Waals surface area contributed by atoms with Crippen LogP contribution in [0.15, 0.2) is 0 Å². The Labute approximate surface area is 63.8 Å². The summed E-state index contributed by atoms with van der Waals surface area (Å²) in [4.78, 5) is 10.3. The largest absolute Gasteiger partial charge is 0.481 e. The third kappa shape index (κ3) is 2.14. The first-order chi connectivity index (χ1) is 5.01. The Morgan fingerprint density at radius 2 is 1.82 bits per heavy atom. The first kappa shape index (κ1) is 8.44. The van der Waals surface area contributed by atoms with Gasteiger partial charge in [0.1, 0.15) is 0 Å². The topological polar surface area (TPSA) is 95.5 Å². The molecule has 0 atom stereocenters. The smallest absolute Gasteiger partial charge is 0.309 e. The highest BCUT2D eigenvalue weighted by Crippen LogP contribution is 1.99. The summed E-state index contributed by atoms with van der Waals surface area (Å²) >= 11 is 0. The van der Waals surface area contributed by atoms with Crippen molar-refractivity contribution in [3.05, 3.63) is 0 Å². The SMILES string of the molecule is O=C(O)C1CNS(=O)(=O)NC1. The van der Waals surface area contributed by atoms with E-state index >= 15 is 0 Å². The van der Waals surface area contributed by atoms with Crippen molar-refractivity contribution in [2.24, 2.45) is 5.92 Å². The van der Waals surface area contributed by atoms with Crippen LogP contribution in [-0.2, 0) is 15.0 Å². The summed E-state index contributed by atoms with van der Waals surface area (Å²) in [6.07, 6.45) is 0. The molecule has 0 aromatic rings. The van der Waals surface area contributed by atoms with E-state index < -0.39 is 22.1 Å². The number of carboxylic acids is 1. The molecular weight excluding hydrogens is 172 g/mol. The molecule has 1 aliphatic rings. The summed E-state index contributed by atoms with van der Waals surface area (Å²) < 4.78 is 25.3. The lowest BCUT2D eigenvalue weighted by Crippen LogP contribution is -2.50. The number of carboxylic acid groups (broad SMARTS) is 1. The average molecular weight is 180 g/mol.